The summed E-state index contributed by atoms with van der Waals surface area (Å²) in [6, 6.07) is -0.740. The summed E-state index contributed by atoms with van der Waals surface area (Å²) in [6.45, 7) is 6.19. The molecule has 0 rings (SSSR count). The Hall–Kier alpha value is -4.00. The first-order valence-corrected chi connectivity index (χ1v) is 26.5. The summed E-state index contributed by atoms with van der Waals surface area (Å²) in [6.07, 6.45) is 73.6. The van der Waals surface area contributed by atoms with Crippen molar-refractivity contribution in [1.29, 1.82) is 0 Å². The quantitative estimate of drug-likeness (QED) is 0.0245. The number of esters is 1. The number of ether oxygens (including phenoxy) is 1. The molecule has 0 heterocycles. The summed E-state index contributed by atoms with van der Waals surface area (Å²) in [5.41, 5.74) is 0. The molecule has 0 aromatic rings. The van der Waals surface area contributed by atoms with Crippen LogP contribution in [0.25, 0.3) is 0 Å². The molecule has 1 amide bonds. The van der Waals surface area contributed by atoms with E-state index in [0.717, 1.165) is 96.3 Å². The number of aliphatic hydroxyl groups excluding tert-OH is 2. The number of amides is 1. The molecule has 0 aromatic heterocycles. The molecule has 6 heteroatoms. The minimum absolute atomic E-state index is 0.0108. The number of allylic oxidation sites excluding steroid dienone is 22. The lowest BCUT2D eigenvalue weighted by molar-refractivity contribution is -0.151. The zero-order valence-electron chi connectivity index (χ0n) is 42.3. The minimum atomic E-state index is -0.820. The number of carbonyl (C=O) groups excluding carboxylic acids is 2. The smallest absolute Gasteiger partial charge is 0.306 e. The van der Waals surface area contributed by atoms with E-state index >= 15 is 0 Å². The van der Waals surface area contributed by atoms with Crippen molar-refractivity contribution in [1.82, 2.24) is 5.32 Å². The number of hydrogen-bond acceptors (Lipinski definition) is 5. The molecule has 0 aliphatic heterocycles. The van der Waals surface area contributed by atoms with Gasteiger partial charge in [-0.15, -0.1) is 0 Å². The van der Waals surface area contributed by atoms with E-state index in [2.05, 4.69) is 99.0 Å². The zero-order chi connectivity index (χ0) is 48.1. The van der Waals surface area contributed by atoms with Crippen LogP contribution in [-0.4, -0.2) is 46.9 Å². The van der Waals surface area contributed by atoms with E-state index in [1.54, 1.807) is 0 Å². The summed E-state index contributed by atoms with van der Waals surface area (Å²) in [5.74, 6) is -0.595. The third-order valence-electron chi connectivity index (χ3n) is 11.1. The van der Waals surface area contributed by atoms with Crippen molar-refractivity contribution in [2.24, 2.45) is 0 Å². The highest BCUT2D eigenvalue weighted by Gasteiger charge is 2.24. The molecule has 0 radical (unpaired) electrons. The van der Waals surface area contributed by atoms with Gasteiger partial charge in [-0.05, 0) is 83.5 Å². The monoisotopic (exact) mass is 912 g/mol. The van der Waals surface area contributed by atoms with Gasteiger partial charge in [0.15, 0.2) is 0 Å². The van der Waals surface area contributed by atoms with Crippen LogP contribution in [0.15, 0.2) is 134 Å². The molecule has 0 spiro atoms. The van der Waals surface area contributed by atoms with Gasteiger partial charge >= 0.3 is 5.97 Å². The Morgan fingerprint density at radius 1 is 0.470 bits per heavy atom. The summed E-state index contributed by atoms with van der Waals surface area (Å²) in [5, 5.41) is 23.8. The van der Waals surface area contributed by atoms with E-state index < -0.39 is 18.2 Å². The van der Waals surface area contributed by atoms with Gasteiger partial charge in [0.1, 0.15) is 6.10 Å². The molecule has 0 aliphatic carbocycles. The number of carbonyl (C=O) groups is 2. The third-order valence-corrected chi connectivity index (χ3v) is 11.1. The van der Waals surface area contributed by atoms with Crippen LogP contribution < -0.4 is 5.32 Å². The fourth-order valence-electron chi connectivity index (χ4n) is 7.20. The van der Waals surface area contributed by atoms with E-state index in [1.807, 2.05) is 60.8 Å². The third kappa shape index (κ3) is 46.5. The van der Waals surface area contributed by atoms with Crippen LogP contribution >= 0.6 is 0 Å². The molecule has 0 saturated carbocycles. The van der Waals surface area contributed by atoms with Gasteiger partial charge < -0.3 is 20.3 Å². The second-order valence-corrected chi connectivity index (χ2v) is 17.3. The van der Waals surface area contributed by atoms with Crippen LogP contribution in [0, 0.1) is 0 Å². The van der Waals surface area contributed by atoms with Gasteiger partial charge in [0.05, 0.1) is 25.2 Å². The lowest BCUT2D eigenvalue weighted by Crippen LogP contribution is -2.46. The number of aliphatic hydroxyl groups is 2. The number of unbranched alkanes of at least 4 members (excludes halogenated alkanes) is 16. The van der Waals surface area contributed by atoms with E-state index in [4.69, 9.17) is 4.74 Å². The molecule has 0 fully saturated rings. The summed E-state index contributed by atoms with van der Waals surface area (Å²) >= 11 is 0. The van der Waals surface area contributed by atoms with E-state index in [0.29, 0.717) is 19.3 Å². The van der Waals surface area contributed by atoms with E-state index in [9.17, 15) is 19.8 Å². The Bertz CT molecular complexity index is 1440. The van der Waals surface area contributed by atoms with Gasteiger partial charge in [-0.1, -0.05) is 244 Å². The summed E-state index contributed by atoms with van der Waals surface area (Å²) < 4.78 is 5.89. The predicted octanol–water partition coefficient (Wildman–Crippen LogP) is 16.2. The highest BCUT2D eigenvalue weighted by Crippen LogP contribution is 2.16. The normalized spacial score (nSPS) is 14.3. The molecule has 0 bridgehead atoms. The first kappa shape index (κ1) is 62.0. The average molecular weight is 912 g/mol. The summed E-state index contributed by atoms with van der Waals surface area (Å²) in [7, 11) is 0. The second-order valence-electron chi connectivity index (χ2n) is 17.3. The van der Waals surface area contributed by atoms with E-state index in [1.165, 1.54) is 64.2 Å². The molecular formula is C60H97NO5. The van der Waals surface area contributed by atoms with Crippen molar-refractivity contribution >= 4 is 11.9 Å². The lowest BCUT2D eigenvalue weighted by atomic mass is 10.0. The van der Waals surface area contributed by atoms with Gasteiger partial charge in [-0.3, -0.25) is 9.59 Å². The average Bonchev–Trinajstić information content (AvgIpc) is 3.31. The molecule has 6 nitrogen and oxygen atoms in total. The molecule has 372 valence electrons. The minimum Gasteiger partial charge on any atom is -0.462 e. The van der Waals surface area contributed by atoms with Gasteiger partial charge in [0, 0.05) is 6.42 Å². The van der Waals surface area contributed by atoms with Crippen molar-refractivity contribution in [2.75, 3.05) is 6.61 Å². The number of nitrogens with one attached hydrogen (secondary N) is 1. The fourth-order valence-corrected chi connectivity index (χ4v) is 7.20. The number of rotatable bonds is 45. The maximum Gasteiger partial charge on any atom is 0.306 e. The SMILES string of the molecule is CC\C=C/C=C/C=C/C=C\C=C\C=C\CCCCCC(=O)OC(CCC/C=C\C/C=C\C/C=C\C/C=C\C/C=C\CC)CC(=O)NC(CO)C(O)CCCCCCCCCCCCCCC. The summed E-state index contributed by atoms with van der Waals surface area (Å²) in [4.78, 5) is 26.2. The van der Waals surface area contributed by atoms with Gasteiger partial charge in [0.25, 0.3) is 0 Å². The number of hydrogen-bond donors (Lipinski definition) is 3. The van der Waals surface area contributed by atoms with Crippen LogP contribution in [0.2, 0.25) is 0 Å². The molecular weight excluding hydrogens is 815 g/mol. The molecule has 3 atom stereocenters. The fraction of sp³-hybridized carbons (Fsp3) is 0.600. The predicted molar refractivity (Wildman–Crippen MR) is 286 cm³/mol. The highest BCUT2D eigenvalue weighted by atomic mass is 16.5. The topological polar surface area (TPSA) is 95.9 Å². The van der Waals surface area contributed by atoms with Crippen molar-refractivity contribution in [3.05, 3.63) is 134 Å². The van der Waals surface area contributed by atoms with Crippen molar-refractivity contribution in [3.63, 3.8) is 0 Å². The zero-order valence-corrected chi connectivity index (χ0v) is 42.3. The lowest BCUT2D eigenvalue weighted by Gasteiger charge is -2.24. The molecule has 3 N–H and O–H groups in total. The van der Waals surface area contributed by atoms with Crippen LogP contribution in [-0.2, 0) is 14.3 Å². The Labute approximate surface area is 405 Å². The van der Waals surface area contributed by atoms with Crippen molar-refractivity contribution in [3.8, 4) is 0 Å². The Morgan fingerprint density at radius 3 is 1.42 bits per heavy atom. The Balaban J connectivity index is 4.83. The van der Waals surface area contributed by atoms with Crippen molar-refractivity contribution < 1.29 is 24.5 Å². The first-order chi connectivity index (χ1) is 32.5. The Morgan fingerprint density at radius 2 is 0.909 bits per heavy atom. The van der Waals surface area contributed by atoms with Crippen LogP contribution in [0.1, 0.15) is 207 Å². The van der Waals surface area contributed by atoms with Crippen molar-refractivity contribution in [2.45, 2.75) is 225 Å². The maximum atomic E-state index is 13.2. The standard InChI is InChI=1S/C60H97NO5/c1-4-7-10-13-16-19-22-25-27-29-31-34-36-39-42-45-48-51-56(66-60(65)53-50-47-44-41-38-35-32-30-28-26-23-20-17-14-11-8-5-2)54-59(64)61-57(55-62)58(63)52-49-46-43-40-37-33-24-21-18-15-12-9-6-3/h7-8,10-11,14,16-17,19-20,23,25-28,30-32,34-35,38-39,42,56-58,62-63H,4-6,9,12-13,15,18,21-22,24,29,33,36-37,40-41,43-55H2,1-3H3,(H,61,64)/b10-7-,11-8-,17-14+,19-16-,23-20+,27-25-,28-26-,32-30+,34-31-,38-35+,42-39-. The van der Waals surface area contributed by atoms with Crippen LogP contribution in [0.5, 0.6) is 0 Å². The molecule has 0 aliphatic rings. The molecule has 66 heavy (non-hydrogen) atoms. The maximum absolute atomic E-state index is 13.2. The first-order valence-electron chi connectivity index (χ1n) is 26.5. The van der Waals surface area contributed by atoms with Crippen LogP contribution in [0.3, 0.4) is 0 Å². The van der Waals surface area contributed by atoms with Gasteiger partial charge in [-0.25, -0.2) is 0 Å². The molecule has 3 unspecified atom stereocenters. The van der Waals surface area contributed by atoms with Gasteiger partial charge in [0.2, 0.25) is 5.91 Å². The van der Waals surface area contributed by atoms with Gasteiger partial charge in [-0.2, -0.15) is 0 Å². The van der Waals surface area contributed by atoms with E-state index in [-0.39, 0.29) is 24.9 Å². The molecule has 0 aromatic carbocycles. The second kappa shape index (κ2) is 52.0. The largest absolute Gasteiger partial charge is 0.462 e. The van der Waals surface area contributed by atoms with Crippen LogP contribution in [0.4, 0.5) is 0 Å². The highest BCUT2D eigenvalue weighted by molar-refractivity contribution is 5.77. The molecule has 0 saturated heterocycles. The Kier molecular flexibility index (Phi) is 48.8.